The molecule has 0 bridgehead atoms. The van der Waals surface area contributed by atoms with E-state index in [1.54, 1.807) is 6.21 Å². The molecule has 1 saturated heterocycles. The molecule has 4 aromatic carbocycles. The first-order valence-electron chi connectivity index (χ1n) is 16.1. The normalized spacial score (nSPS) is 14.1. The van der Waals surface area contributed by atoms with Crippen LogP contribution in [0.5, 0.6) is 5.75 Å². The van der Waals surface area contributed by atoms with Crippen LogP contribution in [0.3, 0.4) is 0 Å². The summed E-state index contributed by atoms with van der Waals surface area (Å²) in [7, 11) is 9.78. The van der Waals surface area contributed by atoms with Gasteiger partial charge in [-0.1, -0.05) is 139 Å². The Hall–Kier alpha value is -2.44. The molecule has 7 heteroatoms. The molecule has 47 heavy (non-hydrogen) atoms. The summed E-state index contributed by atoms with van der Waals surface area (Å²) in [4.78, 5) is 5.09. The molecule has 1 atom stereocenters. The summed E-state index contributed by atoms with van der Waals surface area (Å²) in [5.41, 5.74) is 3.57. The van der Waals surface area contributed by atoms with E-state index in [2.05, 4.69) is 59.7 Å². The third-order valence-electron chi connectivity index (χ3n) is 8.22. The first-order chi connectivity index (χ1) is 22.3. The van der Waals surface area contributed by atoms with Crippen LogP contribution in [-0.2, 0) is 44.6 Å². The van der Waals surface area contributed by atoms with Gasteiger partial charge in [0.25, 0.3) is 0 Å². The van der Waals surface area contributed by atoms with E-state index in [0.29, 0.717) is 12.0 Å². The molecule has 1 heterocycles. The number of aromatic hydroxyl groups is 1. The van der Waals surface area contributed by atoms with E-state index in [9.17, 15) is 10.2 Å². The molecule has 0 unspecified atom stereocenters. The summed E-state index contributed by atoms with van der Waals surface area (Å²) in [5.74, 6) is 0.237. The second-order valence-corrected chi connectivity index (χ2v) is 16.4. The van der Waals surface area contributed by atoms with Crippen molar-refractivity contribution in [3.8, 4) is 5.75 Å². The second-order valence-electron chi connectivity index (χ2n) is 13.8. The zero-order chi connectivity index (χ0) is 34.5. The SMILES string of the molecule is C1CCOC1.CC(C)(C)c1cc(C=N[C@@H](Cc2ccccc2)C(O)(c2ccccc2)c2ccccc2)c(O)c(C(C)(C)C)c1.[Cl][Ti][Cl]. The molecule has 1 aliphatic rings. The van der Waals surface area contributed by atoms with Crippen LogP contribution < -0.4 is 0 Å². The third-order valence-corrected chi connectivity index (χ3v) is 8.22. The van der Waals surface area contributed by atoms with Crippen LogP contribution in [0.25, 0.3) is 0 Å². The maximum absolute atomic E-state index is 12.6. The van der Waals surface area contributed by atoms with Crippen LogP contribution in [-0.4, -0.2) is 35.7 Å². The first kappa shape index (κ1) is 39.0. The molecule has 0 aliphatic carbocycles. The van der Waals surface area contributed by atoms with Gasteiger partial charge in [0.05, 0.1) is 6.04 Å². The number of halogens is 2. The maximum atomic E-state index is 12.6. The third kappa shape index (κ3) is 11.3. The number of aliphatic imine (C=N–C) groups is 1. The van der Waals surface area contributed by atoms with Crippen molar-refractivity contribution < 1.29 is 32.0 Å². The fraction of sp³-hybridized carbons (Fsp3) is 0.375. The molecular formula is C40H49Cl2NO3Ti. The van der Waals surface area contributed by atoms with Crippen LogP contribution in [0.15, 0.2) is 108 Å². The Morgan fingerprint density at radius 3 is 1.62 bits per heavy atom. The molecule has 4 nitrogen and oxygen atoms in total. The quantitative estimate of drug-likeness (QED) is 0.148. The minimum absolute atomic E-state index is 0.103. The van der Waals surface area contributed by atoms with Crippen molar-refractivity contribution in [1.29, 1.82) is 0 Å². The number of nitrogens with zero attached hydrogens (tertiary/aromatic N) is 1. The number of hydrogen-bond donors (Lipinski definition) is 2. The Balaban J connectivity index is 0.000000663. The van der Waals surface area contributed by atoms with E-state index in [0.717, 1.165) is 41.0 Å². The molecule has 5 rings (SSSR count). The van der Waals surface area contributed by atoms with E-state index in [1.165, 1.54) is 12.8 Å². The van der Waals surface area contributed by atoms with Gasteiger partial charge in [-0.25, -0.2) is 0 Å². The van der Waals surface area contributed by atoms with E-state index in [4.69, 9.17) is 28.3 Å². The molecule has 2 N–H and O–H groups in total. The van der Waals surface area contributed by atoms with Crippen LogP contribution in [0, 0.1) is 0 Å². The summed E-state index contributed by atoms with van der Waals surface area (Å²) >= 11 is -0.556. The van der Waals surface area contributed by atoms with Gasteiger partial charge in [-0.3, -0.25) is 4.99 Å². The molecule has 4 aromatic rings. The average molecular weight is 711 g/mol. The zero-order valence-electron chi connectivity index (χ0n) is 28.5. The van der Waals surface area contributed by atoms with Crippen molar-refractivity contribution in [2.24, 2.45) is 4.99 Å². The van der Waals surface area contributed by atoms with Gasteiger partial charge in [0, 0.05) is 30.6 Å². The van der Waals surface area contributed by atoms with Gasteiger partial charge in [-0.15, -0.1) is 0 Å². The number of ether oxygens (including phenoxy) is 1. The summed E-state index contributed by atoms with van der Waals surface area (Å²) in [6.45, 7) is 14.9. The summed E-state index contributed by atoms with van der Waals surface area (Å²) in [5, 5.41) is 24.0. The van der Waals surface area contributed by atoms with Crippen molar-refractivity contribution in [1.82, 2.24) is 0 Å². The number of phenols is 1. The second kappa shape index (κ2) is 18.4. The standard InChI is InChI=1S/C36H41NO2.C4H8O.2ClH.Ti/c1-34(2,3)30-23-27(33(38)31(24-30)35(4,5)6)25-37-32(22-26-16-10-7-11-17-26)36(39,28-18-12-8-13-19-28)29-20-14-9-15-21-29;1-2-4-5-3-1;;;/h7-21,23-25,32,38-39H,22H2,1-6H3;1-4H2;2*1H;/q;;;;+2/p-2/t32-;;;;/m0..../s1. The van der Waals surface area contributed by atoms with Gasteiger partial charge < -0.3 is 14.9 Å². The molecule has 0 spiro atoms. The van der Waals surface area contributed by atoms with Crippen LogP contribution in [0.4, 0.5) is 0 Å². The van der Waals surface area contributed by atoms with Crippen LogP contribution in [0.1, 0.15) is 87.8 Å². The Labute approximate surface area is 298 Å². The molecule has 0 amide bonds. The number of rotatable bonds is 7. The van der Waals surface area contributed by atoms with Gasteiger partial charge in [0.2, 0.25) is 0 Å². The van der Waals surface area contributed by atoms with Crippen molar-refractivity contribution >= 4 is 24.8 Å². The molecule has 0 aromatic heterocycles. The van der Waals surface area contributed by atoms with Gasteiger partial charge in [-0.05, 0) is 58.4 Å². The molecule has 1 aliphatic heterocycles. The molecule has 1 fully saturated rings. The van der Waals surface area contributed by atoms with Gasteiger partial charge in [0.1, 0.15) is 11.4 Å². The number of benzene rings is 4. The molecule has 250 valence electrons. The Bertz CT molecular complexity index is 1470. The van der Waals surface area contributed by atoms with Gasteiger partial charge in [-0.2, -0.15) is 0 Å². The number of aliphatic hydroxyl groups is 1. The zero-order valence-corrected chi connectivity index (χ0v) is 31.6. The number of phenolic OH excluding ortho intramolecular Hbond substituents is 1. The fourth-order valence-electron chi connectivity index (χ4n) is 5.52. The van der Waals surface area contributed by atoms with Crippen LogP contribution in [0.2, 0.25) is 0 Å². The van der Waals surface area contributed by atoms with Crippen LogP contribution >= 0.6 is 18.6 Å². The average Bonchev–Trinajstić information content (AvgIpc) is 3.65. The molecule has 0 radical (unpaired) electrons. The Morgan fingerprint density at radius 1 is 0.745 bits per heavy atom. The first-order valence-corrected chi connectivity index (χ1v) is 20.4. The predicted molar refractivity (Wildman–Crippen MR) is 195 cm³/mol. The predicted octanol–water partition coefficient (Wildman–Crippen LogP) is 10.1. The van der Waals surface area contributed by atoms with E-state index >= 15 is 0 Å². The van der Waals surface area contributed by atoms with E-state index < -0.39 is 28.7 Å². The molecule has 0 saturated carbocycles. The Morgan fingerprint density at radius 2 is 1.21 bits per heavy atom. The van der Waals surface area contributed by atoms with Crippen molar-refractivity contribution in [3.63, 3.8) is 0 Å². The van der Waals surface area contributed by atoms with Crippen molar-refractivity contribution in [2.45, 2.75) is 83.3 Å². The topological polar surface area (TPSA) is 62.0 Å². The molecular weight excluding hydrogens is 661 g/mol. The summed E-state index contributed by atoms with van der Waals surface area (Å²) in [6, 6.07) is 33.2. The summed E-state index contributed by atoms with van der Waals surface area (Å²) < 4.78 is 4.94. The van der Waals surface area contributed by atoms with Gasteiger partial charge >= 0.3 is 35.6 Å². The van der Waals surface area contributed by atoms with Crippen molar-refractivity contribution in [3.05, 3.63) is 137 Å². The van der Waals surface area contributed by atoms with E-state index in [-0.39, 0.29) is 16.6 Å². The monoisotopic (exact) mass is 709 g/mol. The summed E-state index contributed by atoms with van der Waals surface area (Å²) in [6.07, 6.45) is 4.83. The fourth-order valence-corrected chi connectivity index (χ4v) is 5.52. The van der Waals surface area contributed by atoms with Gasteiger partial charge in [0.15, 0.2) is 0 Å². The minimum atomic E-state index is -1.39. The van der Waals surface area contributed by atoms with Crippen molar-refractivity contribution in [2.75, 3.05) is 13.2 Å². The van der Waals surface area contributed by atoms with E-state index in [1.807, 2.05) is 84.9 Å². The Kier molecular flexibility index (Phi) is 15.2. The number of hydrogen-bond acceptors (Lipinski definition) is 4.